The predicted octanol–water partition coefficient (Wildman–Crippen LogP) is 1.90. The van der Waals surface area contributed by atoms with Crippen LogP contribution in [0.3, 0.4) is 0 Å². The van der Waals surface area contributed by atoms with Crippen LogP contribution in [0.2, 0.25) is 0 Å². The van der Waals surface area contributed by atoms with E-state index >= 15 is 0 Å². The van der Waals surface area contributed by atoms with E-state index in [0.29, 0.717) is 0 Å². The molecule has 1 atom stereocenters. The first-order chi connectivity index (χ1) is 6.83. The molecule has 2 nitrogen and oxygen atoms in total. The lowest BCUT2D eigenvalue weighted by Gasteiger charge is -2.11. The van der Waals surface area contributed by atoms with E-state index in [2.05, 4.69) is 36.5 Å². The molecule has 0 fully saturated rings. The monoisotopic (exact) mass is 192 g/mol. The second kappa shape index (κ2) is 6.57. The maximum absolute atomic E-state index is 5.84. The number of nitrogens with one attached hydrogen (secondary N) is 1. The molecule has 0 aliphatic heterocycles. The molecule has 0 aliphatic rings. The molecule has 0 saturated heterocycles. The molecule has 3 N–H and O–H groups in total. The Bertz CT molecular complexity index is 233. The molecule has 1 aromatic rings. The number of benzene rings is 1. The molecule has 14 heavy (non-hydrogen) atoms. The molecule has 1 rings (SSSR count). The normalized spacial score (nSPS) is 12.7. The number of aryl methyl sites for hydroxylation is 1. The third-order valence-electron chi connectivity index (χ3n) is 2.29. The van der Waals surface area contributed by atoms with Crippen molar-refractivity contribution in [3.05, 3.63) is 35.9 Å². The summed E-state index contributed by atoms with van der Waals surface area (Å²) in [5.41, 5.74) is 7.24. The highest BCUT2D eigenvalue weighted by atomic mass is 15.0. The summed E-state index contributed by atoms with van der Waals surface area (Å²) in [6.45, 7) is 3.03. The van der Waals surface area contributed by atoms with E-state index in [1.54, 1.807) is 0 Å². The fraction of sp³-hybridized carbons (Fsp3) is 0.500. The van der Waals surface area contributed by atoms with Crippen LogP contribution in [0.5, 0.6) is 0 Å². The van der Waals surface area contributed by atoms with Gasteiger partial charge in [-0.05, 0) is 31.4 Å². The first kappa shape index (κ1) is 11.2. The summed E-state index contributed by atoms with van der Waals surface area (Å²) in [4.78, 5) is 0. The molecule has 0 bridgehead atoms. The number of hydrogen-bond acceptors (Lipinski definition) is 2. The van der Waals surface area contributed by atoms with Crippen molar-refractivity contribution in [2.24, 2.45) is 5.73 Å². The standard InChI is InChI=1S/C12H20N2/c1-2-14-12(13)10-6-9-11-7-4-3-5-8-11/h3-5,7-8,12,14H,2,6,9-10,13H2,1H3. The first-order valence-electron chi connectivity index (χ1n) is 5.36. The van der Waals surface area contributed by atoms with E-state index in [4.69, 9.17) is 5.73 Å². The Morgan fingerprint density at radius 2 is 2.00 bits per heavy atom. The van der Waals surface area contributed by atoms with Gasteiger partial charge in [0.1, 0.15) is 0 Å². The summed E-state index contributed by atoms with van der Waals surface area (Å²) < 4.78 is 0. The zero-order valence-corrected chi connectivity index (χ0v) is 8.87. The van der Waals surface area contributed by atoms with Crippen molar-refractivity contribution in [3.63, 3.8) is 0 Å². The summed E-state index contributed by atoms with van der Waals surface area (Å²) in [5.74, 6) is 0. The first-order valence-corrected chi connectivity index (χ1v) is 5.36. The maximum atomic E-state index is 5.84. The highest BCUT2D eigenvalue weighted by molar-refractivity contribution is 5.14. The zero-order chi connectivity index (χ0) is 10.2. The Hall–Kier alpha value is -0.860. The predicted molar refractivity (Wildman–Crippen MR) is 61.0 cm³/mol. The van der Waals surface area contributed by atoms with Crippen molar-refractivity contribution in [3.8, 4) is 0 Å². The lowest BCUT2D eigenvalue weighted by atomic mass is 10.1. The molecule has 2 heteroatoms. The van der Waals surface area contributed by atoms with Crippen LogP contribution in [0.25, 0.3) is 0 Å². The fourth-order valence-electron chi connectivity index (χ4n) is 1.54. The van der Waals surface area contributed by atoms with E-state index in [-0.39, 0.29) is 6.17 Å². The van der Waals surface area contributed by atoms with Gasteiger partial charge in [-0.25, -0.2) is 0 Å². The minimum Gasteiger partial charge on any atom is -0.316 e. The van der Waals surface area contributed by atoms with Crippen LogP contribution in [-0.2, 0) is 6.42 Å². The van der Waals surface area contributed by atoms with Gasteiger partial charge >= 0.3 is 0 Å². The van der Waals surface area contributed by atoms with Crippen LogP contribution in [0.1, 0.15) is 25.3 Å². The number of hydrogen-bond donors (Lipinski definition) is 2. The molecule has 0 aliphatic carbocycles. The largest absolute Gasteiger partial charge is 0.316 e. The molecular formula is C12H20N2. The molecular weight excluding hydrogens is 172 g/mol. The molecule has 0 amide bonds. The van der Waals surface area contributed by atoms with Crippen LogP contribution in [0, 0.1) is 0 Å². The van der Waals surface area contributed by atoms with Crippen LogP contribution in [0.15, 0.2) is 30.3 Å². The average molecular weight is 192 g/mol. The van der Waals surface area contributed by atoms with Gasteiger partial charge in [-0.1, -0.05) is 37.3 Å². The van der Waals surface area contributed by atoms with E-state index < -0.39 is 0 Å². The number of nitrogens with two attached hydrogens (primary N) is 1. The fourth-order valence-corrected chi connectivity index (χ4v) is 1.54. The van der Waals surface area contributed by atoms with E-state index in [1.807, 2.05) is 6.07 Å². The van der Waals surface area contributed by atoms with Gasteiger partial charge in [0.2, 0.25) is 0 Å². The lowest BCUT2D eigenvalue weighted by Crippen LogP contribution is -2.36. The molecule has 0 saturated carbocycles. The van der Waals surface area contributed by atoms with Gasteiger partial charge < -0.3 is 11.1 Å². The van der Waals surface area contributed by atoms with Gasteiger partial charge in [-0.3, -0.25) is 0 Å². The third-order valence-corrected chi connectivity index (χ3v) is 2.29. The van der Waals surface area contributed by atoms with Crippen LogP contribution in [-0.4, -0.2) is 12.7 Å². The Morgan fingerprint density at radius 3 is 2.64 bits per heavy atom. The molecule has 0 aromatic heterocycles. The van der Waals surface area contributed by atoms with E-state index in [0.717, 1.165) is 25.8 Å². The highest BCUT2D eigenvalue weighted by Gasteiger charge is 1.99. The van der Waals surface area contributed by atoms with E-state index in [9.17, 15) is 0 Å². The van der Waals surface area contributed by atoms with Crippen LogP contribution >= 0.6 is 0 Å². The van der Waals surface area contributed by atoms with Crippen molar-refractivity contribution in [1.82, 2.24) is 5.32 Å². The van der Waals surface area contributed by atoms with Crippen molar-refractivity contribution in [2.45, 2.75) is 32.4 Å². The molecule has 0 heterocycles. The lowest BCUT2D eigenvalue weighted by molar-refractivity contribution is 0.493. The Kier molecular flexibility index (Phi) is 5.27. The molecule has 1 unspecified atom stereocenters. The van der Waals surface area contributed by atoms with Crippen LogP contribution in [0.4, 0.5) is 0 Å². The number of rotatable bonds is 6. The van der Waals surface area contributed by atoms with Crippen LogP contribution < -0.4 is 11.1 Å². The highest BCUT2D eigenvalue weighted by Crippen LogP contribution is 2.04. The van der Waals surface area contributed by atoms with Crippen molar-refractivity contribution >= 4 is 0 Å². The average Bonchev–Trinajstić information content (AvgIpc) is 2.20. The molecule has 1 aromatic carbocycles. The maximum Gasteiger partial charge on any atom is 0.0546 e. The minimum atomic E-state index is 0.156. The Balaban J connectivity index is 2.16. The minimum absolute atomic E-state index is 0.156. The summed E-state index contributed by atoms with van der Waals surface area (Å²) in [7, 11) is 0. The summed E-state index contributed by atoms with van der Waals surface area (Å²) >= 11 is 0. The van der Waals surface area contributed by atoms with Crippen molar-refractivity contribution < 1.29 is 0 Å². The van der Waals surface area contributed by atoms with E-state index in [1.165, 1.54) is 5.56 Å². The van der Waals surface area contributed by atoms with Crippen molar-refractivity contribution in [1.29, 1.82) is 0 Å². The molecule has 0 spiro atoms. The van der Waals surface area contributed by atoms with Gasteiger partial charge in [0.05, 0.1) is 6.17 Å². The summed E-state index contributed by atoms with van der Waals surface area (Å²) in [6.07, 6.45) is 3.48. The SMILES string of the molecule is CCNC(N)CCCc1ccccc1. The Morgan fingerprint density at radius 1 is 1.29 bits per heavy atom. The third kappa shape index (κ3) is 4.40. The molecule has 78 valence electrons. The van der Waals surface area contributed by atoms with Gasteiger partial charge in [0.25, 0.3) is 0 Å². The van der Waals surface area contributed by atoms with Gasteiger partial charge in [-0.15, -0.1) is 0 Å². The van der Waals surface area contributed by atoms with Gasteiger partial charge in [-0.2, -0.15) is 0 Å². The second-order valence-electron chi connectivity index (χ2n) is 3.54. The zero-order valence-electron chi connectivity index (χ0n) is 8.87. The van der Waals surface area contributed by atoms with Gasteiger partial charge in [0, 0.05) is 0 Å². The summed E-state index contributed by atoms with van der Waals surface area (Å²) in [6, 6.07) is 10.5. The topological polar surface area (TPSA) is 38.0 Å². The quantitative estimate of drug-likeness (QED) is 0.676. The second-order valence-corrected chi connectivity index (χ2v) is 3.54. The summed E-state index contributed by atoms with van der Waals surface area (Å²) in [5, 5.41) is 3.21. The Labute approximate surface area is 86.5 Å². The van der Waals surface area contributed by atoms with Gasteiger partial charge in [0.15, 0.2) is 0 Å². The smallest absolute Gasteiger partial charge is 0.0546 e. The van der Waals surface area contributed by atoms with Crippen molar-refractivity contribution in [2.75, 3.05) is 6.54 Å². The molecule has 0 radical (unpaired) electrons.